The molecule has 36 heavy (non-hydrogen) atoms. The van der Waals surface area contributed by atoms with Crippen LogP contribution in [0.2, 0.25) is 5.02 Å². The van der Waals surface area contributed by atoms with Crippen LogP contribution in [-0.2, 0) is 14.8 Å². The minimum Gasteiger partial charge on any atom is -0.495 e. The molecule has 1 fully saturated rings. The number of hydrogen-bond acceptors (Lipinski definition) is 8. The molecule has 2 aromatic carbocycles. The molecule has 1 aromatic heterocycles. The molecule has 1 aliphatic heterocycles. The van der Waals surface area contributed by atoms with Crippen LogP contribution in [0, 0.1) is 5.92 Å². The monoisotopic (exact) mass is 550 g/mol. The maximum absolute atomic E-state index is 13.1. The van der Waals surface area contributed by atoms with Gasteiger partial charge in [-0.15, -0.1) is 11.3 Å². The molecule has 9 nitrogen and oxygen atoms in total. The Morgan fingerprint density at radius 3 is 2.42 bits per heavy atom. The molecule has 0 unspecified atom stereocenters. The number of rotatable bonds is 8. The fourth-order valence-corrected chi connectivity index (χ4v) is 6.54. The summed E-state index contributed by atoms with van der Waals surface area (Å²) in [5.74, 6) is 0.430. The predicted octanol–water partition coefficient (Wildman–Crippen LogP) is 4.56. The second-order valence-corrected chi connectivity index (χ2v) is 11.4. The molecule has 4 rings (SSSR count). The number of sulfonamides is 1. The van der Waals surface area contributed by atoms with Crippen molar-refractivity contribution in [2.75, 3.05) is 45.0 Å². The summed E-state index contributed by atoms with van der Waals surface area (Å²) in [7, 11) is 1.09. The van der Waals surface area contributed by atoms with Crippen molar-refractivity contribution in [2.45, 2.75) is 17.7 Å². The minimum atomic E-state index is -3.73. The molecular weight excluding hydrogens is 524 g/mol. The zero-order chi connectivity index (χ0) is 25.9. The lowest BCUT2D eigenvalue weighted by Crippen LogP contribution is -2.41. The minimum absolute atomic E-state index is 0.0984. The second kappa shape index (κ2) is 11.0. The van der Waals surface area contributed by atoms with E-state index in [1.54, 1.807) is 13.2 Å². The van der Waals surface area contributed by atoms with Gasteiger partial charge in [-0.2, -0.15) is 4.31 Å². The summed E-state index contributed by atoms with van der Waals surface area (Å²) >= 11 is 7.61. The molecule has 3 aromatic rings. The highest BCUT2D eigenvalue weighted by Gasteiger charge is 2.32. The second-order valence-electron chi connectivity index (χ2n) is 8.17. The number of aromatic nitrogens is 1. The standard InChI is InChI=1S/C24H27ClN4O5S2/c1-26-24-28-20(14-35-24)16-4-6-22(34-3)19(12-16)27-23(30)15-8-10-29(11-9-15)36(31,32)17-5-7-21(33-2)18(25)13-17/h4-7,12-15H,8-11H2,1-3H3,(H,26,28)(H,27,30). The van der Waals surface area contributed by atoms with Gasteiger partial charge in [0.1, 0.15) is 11.5 Å². The molecule has 1 saturated heterocycles. The van der Waals surface area contributed by atoms with Crippen molar-refractivity contribution in [1.29, 1.82) is 0 Å². The van der Waals surface area contributed by atoms with Crippen LogP contribution in [-0.4, -0.2) is 58.0 Å². The first-order valence-electron chi connectivity index (χ1n) is 11.2. The molecule has 192 valence electrons. The van der Waals surface area contributed by atoms with Crippen LogP contribution in [0.5, 0.6) is 11.5 Å². The fraction of sp³-hybridized carbons (Fsp3) is 0.333. The highest BCUT2D eigenvalue weighted by atomic mass is 35.5. The van der Waals surface area contributed by atoms with Crippen molar-refractivity contribution in [3.8, 4) is 22.8 Å². The summed E-state index contributed by atoms with van der Waals surface area (Å²) in [5.41, 5.74) is 2.18. The third kappa shape index (κ3) is 5.44. The van der Waals surface area contributed by atoms with Crippen LogP contribution in [0.3, 0.4) is 0 Å². The number of ether oxygens (including phenoxy) is 2. The number of thiazole rings is 1. The Labute approximate surface area is 219 Å². The van der Waals surface area contributed by atoms with Crippen LogP contribution >= 0.6 is 22.9 Å². The number of nitrogens with one attached hydrogen (secondary N) is 2. The molecule has 1 aliphatic rings. The van der Waals surface area contributed by atoms with Gasteiger partial charge in [-0.3, -0.25) is 4.79 Å². The van der Waals surface area contributed by atoms with Gasteiger partial charge in [0.2, 0.25) is 15.9 Å². The normalized spacial score (nSPS) is 14.9. The summed E-state index contributed by atoms with van der Waals surface area (Å²) in [4.78, 5) is 17.7. The van der Waals surface area contributed by atoms with Crippen molar-refractivity contribution < 1.29 is 22.7 Å². The fourth-order valence-electron chi connectivity index (χ4n) is 4.04. The smallest absolute Gasteiger partial charge is 0.243 e. The molecule has 12 heteroatoms. The maximum atomic E-state index is 13.1. The highest BCUT2D eigenvalue weighted by Crippen LogP contribution is 2.34. The van der Waals surface area contributed by atoms with E-state index in [0.717, 1.165) is 16.4 Å². The summed E-state index contributed by atoms with van der Waals surface area (Å²) in [6.45, 7) is 0.458. The van der Waals surface area contributed by atoms with E-state index in [1.807, 2.05) is 24.6 Å². The van der Waals surface area contributed by atoms with Crippen LogP contribution < -0.4 is 20.1 Å². The Morgan fingerprint density at radius 1 is 1.11 bits per heavy atom. The number of methoxy groups -OCH3 is 2. The number of amides is 1. The first kappa shape index (κ1) is 26.2. The molecule has 0 atom stereocenters. The number of anilines is 2. The van der Waals surface area contributed by atoms with E-state index in [9.17, 15) is 13.2 Å². The van der Waals surface area contributed by atoms with Crippen LogP contribution in [0.15, 0.2) is 46.7 Å². The number of carbonyl (C=O) groups is 1. The first-order chi connectivity index (χ1) is 17.3. The lowest BCUT2D eigenvalue weighted by Gasteiger charge is -2.30. The van der Waals surface area contributed by atoms with Crippen molar-refractivity contribution in [2.24, 2.45) is 5.92 Å². The van der Waals surface area contributed by atoms with E-state index in [-0.39, 0.29) is 34.8 Å². The van der Waals surface area contributed by atoms with Crippen LogP contribution in [0.25, 0.3) is 11.3 Å². The van der Waals surface area contributed by atoms with Crippen molar-refractivity contribution in [3.05, 3.63) is 46.8 Å². The average Bonchev–Trinajstić information content (AvgIpc) is 3.38. The zero-order valence-corrected chi connectivity index (χ0v) is 22.5. The highest BCUT2D eigenvalue weighted by molar-refractivity contribution is 7.89. The number of halogens is 1. The molecule has 0 saturated carbocycles. The van der Waals surface area contributed by atoms with Gasteiger partial charge in [0.25, 0.3) is 0 Å². The van der Waals surface area contributed by atoms with Gasteiger partial charge in [0.15, 0.2) is 5.13 Å². The third-order valence-corrected chi connectivity index (χ3v) is 9.11. The molecule has 0 radical (unpaired) electrons. The van der Waals surface area contributed by atoms with E-state index < -0.39 is 10.0 Å². The Morgan fingerprint density at radius 2 is 1.81 bits per heavy atom. The average molecular weight is 551 g/mol. The number of carbonyl (C=O) groups excluding carboxylic acids is 1. The van der Waals surface area contributed by atoms with Gasteiger partial charge in [0, 0.05) is 37.0 Å². The summed E-state index contributed by atoms with van der Waals surface area (Å²) in [6.07, 6.45) is 0.795. The van der Waals surface area contributed by atoms with Gasteiger partial charge >= 0.3 is 0 Å². The van der Waals surface area contributed by atoms with Crippen molar-refractivity contribution in [3.63, 3.8) is 0 Å². The van der Waals surface area contributed by atoms with E-state index >= 15 is 0 Å². The maximum Gasteiger partial charge on any atom is 0.243 e. The topological polar surface area (TPSA) is 110 Å². The van der Waals surface area contributed by atoms with Gasteiger partial charge < -0.3 is 20.1 Å². The SMILES string of the molecule is CNc1nc(-c2ccc(OC)c(NC(=O)C3CCN(S(=O)(=O)c4ccc(OC)c(Cl)c4)CC3)c2)cs1. The number of hydrogen-bond donors (Lipinski definition) is 2. The van der Waals surface area contributed by atoms with Crippen molar-refractivity contribution >= 4 is 49.7 Å². The van der Waals surface area contributed by atoms with Crippen LogP contribution in [0.4, 0.5) is 10.8 Å². The first-order valence-corrected chi connectivity index (χ1v) is 13.9. The van der Waals surface area contributed by atoms with Gasteiger partial charge in [-0.25, -0.2) is 13.4 Å². The quantitative estimate of drug-likeness (QED) is 0.423. The van der Waals surface area contributed by atoms with Gasteiger partial charge in [-0.1, -0.05) is 11.6 Å². The molecule has 1 amide bonds. The lowest BCUT2D eigenvalue weighted by molar-refractivity contribution is -0.120. The summed E-state index contributed by atoms with van der Waals surface area (Å²) in [6, 6.07) is 9.90. The Kier molecular flexibility index (Phi) is 8.04. The van der Waals surface area contributed by atoms with E-state index in [2.05, 4.69) is 15.6 Å². The molecule has 0 aliphatic carbocycles. The Balaban J connectivity index is 1.43. The molecule has 0 bridgehead atoms. The predicted molar refractivity (Wildman–Crippen MR) is 142 cm³/mol. The molecule has 2 N–H and O–H groups in total. The zero-order valence-electron chi connectivity index (χ0n) is 20.1. The summed E-state index contributed by atoms with van der Waals surface area (Å²) in [5, 5.41) is 8.94. The van der Waals surface area contributed by atoms with E-state index in [4.69, 9.17) is 21.1 Å². The van der Waals surface area contributed by atoms with Gasteiger partial charge in [0.05, 0.1) is 35.5 Å². The van der Waals surface area contributed by atoms with Gasteiger partial charge in [-0.05, 0) is 49.2 Å². The number of piperidine rings is 1. The Hall–Kier alpha value is -2.86. The molecule has 0 spiro atoms. The molecular formula is C24H27ClN4O5S2. The number of nitrogens with zero attached hydrogens (tertiary/aromatic N) is 2. The number of benzene rings is 2. The molecule has 2 heterocycles. The Bertz CT molecular complexity index is 1350. The largest absolute Gasteiger partial charge is 0.495 e. The summed E-state index contributed by atoms with van der Waals surface area (Å²) < 4.78 is 38.1. The van der Waals surface area contributed by atoms with E-state index in [0.29, 0.717) is 30.0 Å². The lowest BCUT2D eigenvalue weighted by atomic mass is 9.97. The van der Waals surface area contributed by atoms with Crippen molar-refractivity contribution in [1.82, 2.24) is 9.29 Å². The third-order valence-electron chi connectivity index (χ3n) is 6.06. The van der Waals surface area contributed by atoms with E-state index in [1.165, 1.54) is 41.0 Å². The van der Waals surface area contributed by atoms with Crippen LogP contribution in [0.1, 0.15) is 12.8 Å².